The highest BCUT2D eigenvalue weighted by atomic mass is 16.6. The van der Waals surface area contributed by atoms with Crippen LogP contribution in [0.2, 0.25) is 0 Å². The SMILES string of the molecule is CCNCCCCCCCNC(=O)OC(C)(C)C. The average Bonchev–Trinajstić information content (AvgIpc) is 2.24. The molecule has 0 unspecified atom stereocenters. The van der Waals surface area contributed by atoms with Gasteiger partial charge in [0.15, 0.2) is 0 Å². The van der Waals surface area contributed by atoms with Gasteiger partial charge in [0.05, 0.1) is 0 Å². The van der Waals surface area contributed by atoms with Crippen molar-refractivity contribution in [3.05, 3.63) is 0 Å². The molecule has 0 aromatic rings. The van der Waals surface area contributed by atoms with Gasteiger partial charge in [-0.25, -0.2) is 4.79 Å². The largest absolute Gasteiger partial charge is 0.444 e. The van der Waals surface area contributed by atoms with Crippen LogP contribution in [0.25, 0.3) is 0 Å². The molecular formula is C14H30N2O2. The molecule has 0 spiro atoms. The molecule has 2 N–H and O–H groups in total. The second kappa shape index (κ2) is 10.2. The lowest BCUT2D eigenvalue weighted by atomic mass is 10.1. The summed E-state index contributed by atoms with van der Waals surface area (Å²) in [4.78, 5) is 11.3. The summed E-state index contributed by atoms with van der Waals surface area (Å²) in [5, 5.41) is 6.09. The van der Waals surface area contributed by atoms with Gasteiger partial charge in [0.2, 0.25) is 0 Å². The van der Waals surface area contributed by atoms with Crippen molar-refractivity contribution in [3.8, 4) is 0 Å². The molecule has 0 fully saturated rings. The van der Waals surface area contributed by atoms with E-state index in [1.165, 1.54) is 25.7 Å². The lowest BCUT2D eigenvalue weighted by Gasteiger charge is -2.19. The van der Waals surface area contributed by atoms with E-state index >= 15 is 0 Å². The molecule has 108 valence electrons. The van der Waals surface area contributed by atoms with Crippen LogP contribution in [0.1, 0.15) is 59.8 Å². The summed E-state index contributed by atoms with van der Waals surface area (Å²) in [6.45, 7) is 10.6. The van der Waals surface area contributed by atoms with Crippen molar-refractivity contribution >= 4 is 6.09 Å². The Kier molecular flexibility index (Phi) is 9.74. The number of amides is 1. The predicted octanol–water partition coefficient (Wildman–Crippen LogP) is 3.07. The van der Waals surface area contributed by atoms with E-state index in [1.54, 1.807) is 0 Å². The molecule has 0 aliphatic heterocycles. The molecule has 0 rings (SSSR count). The summed E-state index contributed by atoms with van der Waals surface area (Å²) in [6, 6.07) is 0. The summed E-state index contributed by atoms with van der Waals surface area (Å²) in [5.74, 6) is 0. The molecule has 0 aliphatic carbocycles. The van der Waals surface area contributed by atoms with Gasteiger partial charge in [0.25, 0.3) is 0 Å². The van der Waals surface area contributed by atoms with Crippen molar-refractivity contribution in [2.24, 2.45) is 0 Å². The van der Waals surface area contributed by atoms with Crippen molar-refractivity contribution in [3.63, 3.8) is 0 Å². The number of carbonyl (C=O) groups excluding carboxylic acids is 1. The Balaban J connectivity index is 3.23. The first-order valence-corrected chi connectivity index (χ1v) is 7.13. The zero-order valence-corrected chi connectivity index (χ0v) is 12.5. The molecular weight excluding hydrogens is 228 g/mol. The number of unbranched alkanes of at least 4 members (excludes halogenated alkanes) is 4. The van der Waals surface area contributed by atoms with E-state index in [0.717, 1.165) is 19.5 Å². The summed E-state index contributed by atoms with van der Waals surface area (Å²) in [6.07, 6.45) is 5.63. The molecule has 0 atom stereocenters. The van der Waals surface area contributed by atoms with Crippen LogP contribution < -0.4 is 10.6 Å². The van der Waals surface area contributed by atoms with Gasteiger partial charge in [-0.1, -0.05) is 26.2 Å². The maximum atomic E-state index is 11.3. The normalized spacial score (nSPS) is 11.3. The van der Waals surface area contributed by atoms with E-state index in [2.05, 4.69) is 17.6 Å². The second-order valence-electron chi connectivity index (χ2n) is 5.55. The monoisotopic (exact) mass is 258 g/mol. The number of hydrogen-bond acceptors (Lipinski definition) is 3. The molecule has 4 nitrogen and oxygen atoms in total. The Bertz CT molecular complexity index is 212. The van der Waals surface area contributed by atoms with Crippen LogP contribution in [0.5, 0.6) is 0 Å². The van der Waals surface area contributed by atoms with Gasteiger partial charge >= 0.3 is 6.09 Å². The van der Waals surface area contributed by atoms with E-state index in [4.69, 9.17) is 4.74 Å². The third-order valence-corrected chi connectivity index (χ3v) is 2.45. The van der Waals surface area contributed by atoms with Gasteiger partial charge in [0.1, 0.15) is 5.60 Å². The van der Waals surface area contributed by atoms with Crippen molar-refractivity contribution in [1.29, 1.82) is 0 Å². The van der Waals surface area contributed by atoms with Crippen molar-refractivity contribution < 1.29 is 9.53 Å². The summed E-state index contributed by atoms with van der Waals surface area (Å²) in [5.41, 5.74) is -0.406. The van der Waals surface area contributed by atoms with Gasteiger partial charge in [-0.2, -0.15) is 0 Å². The number of rotatable bonds is 9. The van der Waals surface area contributed by atoms with Crippen molar-refractivity contribution in [1.82, 2.24) is 10.6 Å². The lowest BCUT2D eigenvalue weighted by molar-refractivity contribution is 0.0527. The van der Waals surface area contributed by atoms with Crippen LogP contribution in [0.4, 0.5) is 4.79 Å². The van der Waals surface area contributed by atoms with Gasteiger partial charge in [-0.15, -0.1) is 0 Å². The Morgan fingerprint density at radius 3 is 2.11 bits per heavy atom. The number of ether oxygens (including phenoxy) is 1. The summed E-state index contributed by atoms with van der Waals surface area (Å²) < 4.78 is 5.15. The predicted molar refractivity (Wildman–Crippen MR) is 75.9 cm³/mol. The fourth-order valence-electron chi connectivity index (χ4n) is 1.59. The first-order chi connectivity index (χ1) is 8.45. The highest BCUT2D eigenvalue weighted by Crippen LogP contribution is 2.06. The van der Waals surface area contributed by atoms with Gasteiger partial charge in [-0.3, -0.25) is 0 Å². The van der Waals surface area contributed by atoms with Crippen LogP contribution >= 0.6 is 0 Å². The maximum Gasteiger partial charge on any atom is 0.407 e. The molecule has 0 aliphatic rings. The number of hydrogen-bond donors (Lipinski definition) is 2. The second-order valence-corrected chi connectivity index (χ2v) is 5.55. The number of nitrogens with one attached hydrogen (secondary N) is 2. The Labute approximate surface area is 112 Å². The lowest BCUT2D eigenvalue weighted by Crippen LogP contribution is -2.32. The van der Waals surface area contributed by atoms with Crippen LogP contribution in [0.3, 0.4) is 0 Å². The van der Waals surface area contributed by atoms with Gasteiger partial charge < -0.3 is 15.4 Å². The van der Waals surface area contributed by atoms with E-state index in [1.807, 2.05) is 20.8 Å². The third-order valence-electron chi connectivity index (χ3n) is 2.45. The zero-order chi connectivity index (χ0) is 13.9. The maximum absolute atomic E-state index is 11.3. The molecule has 0 aromatic carbocycles. The van der Waals surface area contributed by atoms with E-state index < -0.39 is 5.60 Å². The Hall–Kier alpha value is -0.770. The molecule has 0 bridgehead atoms. The van der Waals surface area contributed by atoms with E-state index in [0.29, 0.717) is 6.54 Å². The summed E-state index contributed by atoms with van der Waals surface area (Å²) in [7, 11) is 0. The quantitative estimate of drug-likeness (QED) is 0.625. The molecule has 4 heteroatoms. The Morgan fingerprint density at radius 1 is 1.00 bits per heavy atom. The smallest absolute Gasteiger partial charge is 0.407 e. The van der Waals surface area contributed by atoms with E-state index in [-0.39, 0.29) is 6.09 Å². The summed E-state index contributed by atoms with van der Waals surface area (Å²) >= 11 is 0. The van der Waals surface area contributed by atoms with Crippen LogP contribution in [0.15, 0.2) is 0 Å². The highest BCUT2D eigenvalue weighted by molar-refractivity contribution is 5.67. The van der Waals surface area contributed by atoms with Crippen LogP contribution in [-0.4, -0.2) is 31.3 Å². The number of carbonyl (C=O) groups is 1. The minimum Gasteiger partial charge on any atom is -0.444 e. The molecule has 0 heterocycles. The highest BCUT2D eigenvalue weighted by Gasteiger charge is 2.15. The molecule has 0 saturated carbocycles. The fourth-order valence-corrected chi connectivity index (χ4v) is 1.59. The number of alkyl carbamates (subject to hydrolysis) is 1. The van der Waals surface area contributed by atoms with Crippen LogP contribution in [0, 0.1) is 0 Å². The molecule has 0 saturated heterocycles. The topological polar surface area (TPSA) is 50.4 Å². The van der Waals surface area contributed by atoms with E-state index in [9.17, 15) is 4.79 Å². The molecule has 18 heavy (non-hydrogen) atoms. The van der Waals surface area contributed by atoms with Gasteiger partial charge in [-0.05, 0) is 46.7 Å². The van der Waals surface area contributed by atoms with Crippen molar-refractivity contribution in [2.75, 3.05) is 19.6 Å². The average molecular weight is 258 g/mol. The fraction of sp³-hybridized carbons (Fsp3) is 0.929. The zero-order valence-electron chi connectivity index (χ0n) is 12.5. The minimum atomic E-state index is -0.406. The molecule has 0 aromatic heterocycles. The first-order valence-electron chi connectivity index (χ1n) is 7.13. The Morgan fingerprint density at radius 2 is 1.56 bits per heavy atom. The standard InChI is InChI=1S/C14H30N2O2/c1-5-15-11-9-7-6-8-10-12-16-13(17)18-14(2,3)4/h15H,5-12H2,1-4H3,(H,16,17). The molecule has 1 amide bonds. The minimum absolute atomic E-state index is 0.311. The van der Waals surface area contributed by atoms with Crippen LogP contribution in [-0.2, 0) is 4.74 Å². The van der Waals surface area contributed by atoms with Crippen molar-refractivity contribution in [2.45, 2.75) is 65.4 Å². The third kappa shape index (κ3) is 13.3. The first kappa shape index (κ1) is 17.2. The van der Waals surface area contributed by atoms with Gasteiger partial charge in [0, 0.05) is 6.54 Å². The molecule has 0 radical (unpaired) electrons.